The summed E-state index contributed by atoms with van der Waals surface area (Å²) >= 11 is 0. The number of carbonyl (C=O) groups excluding carboxylic acids is 2. The molecule has 0 unspecified atom stereocenters. The number of rotatable bonds is 6. The van der Waals surface area contributed by atoms with Gasteiger partial charge in [-0.25, -0.2) is 0 Å². The number of benzene rings is 2. The van der Waals surface area contributed by atoms with Crippen molar-refractivity contribution in [1.82, 2.24) is 0 Å². The van der Waals surface area contributed by atoms with E-state index in [1.807, 2.05) is 0 Å². The number of carboxylic acid groups (broad SMARTS) is 2. The average molecular weight is 434 g/mol. The maximum absolute atomic E-state index is 14.9. The monoisotopic (exact) mass is 434 g/mol. The molecule has 0 saturated heterocycles. The summed E-state index contributed by atoms with van der Waals surface area (Å²) in [4.78, 5) is 21.3. The van der Waals surface area contributed by atoms with E-state index in [1.165, 1.54) is 0 Å². The largest absolute Gasteiger partial charge is 0.545 e. The molecule has 0 radical (unpaired) electrons. The number of halogens is 6. The summed E-state index contributed by atoms with van der Waals surface area (Å²) in [6, 6.07) is 5.37. The third kappa shape index (κ3) is 2.74. The number of ether oxygens (including phenoxy) is 2. The van der Waals surface area contributed by atoms with E-state index in [-0.39, 0.29) is 0 Å². The molecule has 2 aromatic carbocycles. The van der Waals surface area contributed by atoms with Gasteiger partial charge in [-0.1, -0.05) is 0 Å². The van der Waals surface area contributed by atoms with Gasteiger partial charge in [0.05, 0.1) is 11.9 Å². The smallest absolute Gasteiger partial charge is 0.395 e. The predicted molar refractivity (Wildman–Crippen MR) is 80.4 cm³/mol. The first-order chi connectivity index (χ1) is 13.8. The lowest BCUT2D eigenvalue weighted by atomic mass is 9.76. The van der Waals surface area contributed by atoms with E-state index in [1.54, 1.807) is 0 Å². The molecule has 3 rings (SSSR count). The lowest BCUT2D eigenvalue weighted by molar-refractivity contribution is -0.527. The molecule has 30 heavy (non-hydrogen) atoms. The predicted octanol–water partition coefficient (Wildman–Crippen LogP) is 1.49. The fourth-order valence-corrected chi connectivity index (χ4v) is 2.65. The normalized spacial score (nSPS) is 26.3. The molecule has 1 aliphatic carbocycles. The molecule has 2 aromatic rings. The van der Waals surface area contributed by atoms with E-state index in [2.05, 4.69) is 9.47 Å². The minimum absolute atomic E-state index is 0.475. The van der Waals surface area contributed by atoms with Crippen LogP contribution in [0.4, 0.5) is 26.3 Å². The zero-order valence-electron chi connectivity index (χ0n) is 14.3. The van der Waals surface area contributed by atoms with Gasteiger partial charge < -0.3 is 29.3 Å². The summed E-state index contributed by atoms with van der Waals surface area (Å²) in [5, 5.41) is 21.3. The fraction of sp³-hybridized carbons (Fsp3) is 0.222. The first-order valence-electron chi connectivity index (χ1n) is 7.91. The van der Waals surface area contributed by atoms with Crippen molar-refractivity contribution in [2.45, 2.75) is 23.6 Å². The van der Waals surface area contributed by atoms with Gasteiger partial charge in [0.15, 0.2) is 0 Å². The Balaban J connectivity index is 1.95. The van der Waals surface area contributed by atoms with Crippen molar-refractivity contribution in [3.63, 3.8) is 0 Å². The number of carbonyl (C=O) groups is 2. The number of hydrogen-bond donors (Lipinski definition) is 0. The molecule has 12 heteroatoms. The van der Waals surface area contributed by atoms with Crippen molar-refractivity contribution < 1.29 is 55.6 Å². The Morgan fingerprint density at radius 1 is 0.600 bits per heavy atom. The Hall–Kier alpha value is -3.44. The minimum atomic E-state index is -5.69. The number of aromatic carboxylic acids is 2. The Morgan fingerprint density at radius 3 is 1.10 bits per heavy atom. The Morgan fingerprint density at radius 2 is 0.867 bits per heavy atom. The Labute approximate surface area is 163 Å². The summed E-state index contributed by atoms with van der Waals surface area (Å²) in [7, 11) is 0. The summed E-state index contributed by atoms with van der Waals surface area (Å²) in [6.07, 6.45) is 0. The van der Waals surface area contributed by atoms with Crippen LogP contribution in [0.1, 0.15) is 20.7 Å². The van der Waals surface area contributed by atoms with Crippen LogP contribution in [0.5, 0.6) is 11.5 Å². The molecule has 1 saturated carbocycles. The second-order valence-electron chi connectivity index (χ2n) is 6.17. The average Bonchev–Trinajstić information content (AvgIpc) is 2.67. The van der Waals surface area contributed by atoms with Gasteiger partial charge in [-0.3, -0.25) is 0 Å². The molecule has 0 N–H and O–H groups in total. The lowest BCUT2D eigenvalue weighted by Gasteiger charge is -2.55. The molecule has 0 bridgehead atoms. The van der Waals surface area contributed by atoms with Gasteiger partial charge in [0.25, 0.3) is 0 Å². The summed E-state index contributed by atoms with van der Waals surface area (Å²) in [5.41, 5.74) is -0.951. The highest BCUT2D eigenvalue weighted by Gasteiger charge is 3.03. The molecular formula is C18H8F6O6-2. The molecule has 6 nitrogen and oxygen atoms in total. The van der Waals surface area contributed by atoms with Crippen LogP contribution in [0.2, 0.25) is 0 Å². The van der Waals surface area contributed by atoms with Crippen molar-refractivity contribution in [1.29, 1.82) is 0 Å². The summed E-state index contributed by atoms with van der Waals surface area (Å²) in [5.74, 6) is -26.6. The minimum Gasteiger partial charge on any atom is -0.545 e. The summed E-state index contributed by atoms with van der Waals surface area (Å²) < 4.78 is 93.5. The third-order valence-electron chi connectivity index (χ3n) is 4.31. The Kier molecular flexibility index (Phi) is 4.64. The molecule has 0 aliphatic heterocycles. The molecule has 0 aromatic heterocycles. The van der Waals surface area contributed by atoms with Gasteiger partial charge in [0, 0.05) is 0 Å². The topological polar surface area (TPSA) is 98.7 Å². The molecule has 2 atom stereocenters. The van der Waals surface area contributed by atoms with E-state index in [0.717, 1.165) is 24.3 Å². The van der Waals surface area contributed by atoms with E-state index in [9.17, 15) is 46.1 Å². The van der Waals surface area contributed by atoms with Crippen LogP contribution in [-0.2, 0) is 0 Å². The van der Waals surface area contributed by atoms with Crippen LogP contribution in [0, 0.1) is 0 Å². The van der Waals surface area contributed by atoms with E-state index < -0.39 is 58.1 Å². The number of alkyl halides is 6. The Bertz CT molecular complexity index is 912. The highest BCUT2D eigenvalue weighted by Crippen LogP contribution is 2.68. The molecule has 0 spiro atoms. The van der Waals surface area contributed by atoms with Crippen molar-refractivity contribution in [2.75, 3.05) is 0 Å². The fourth-order valence-electron chi connectivity index (χ4n) is 2.65. The van der Waals surface area contributed by atoms with Gasteiger partial charge in [-0.2, -0.15) is 26.3 Å². The third-order valence-corrected chi connectivity index (χ3v) is 4.31. The highest BCUT2D eigenvalue weighted by molar-refractivity contribution is 5.86. The lowest BCUT2D eigenvalue weighted by Crippen LogP contribution is -2.89. The van der Waals surface area contributed by atoms with E-state index >= 15 is 0 Å². The van der Waals surface area contributed by atoms with Crippen molar-refractivity contribution in [2.24, 2.45) is 0 Å². The van der Waals surface area contributed by atoms with Gasteiger partial charge in [-0.05, 0) is 59.7 Å². The van der Waals surface area contributed by atoms with Gasteiger partial charge >= 0.3 is 23.6 Å². The van der Waals surface area contributed by atoms with Gasteiger partial charge in [0.2, 0.25) is 0 Å². The van der Waals surface area contributed by atoms with Crippen LogP contribution in [0.3, 0.4) is 0 Å². The molecule has 0 heterocycles. The zero-order chi connectivity index (χ0) is 22.5. The van der Waals surface area contributed by atoms with Gasteiger partial charge in [-0.15, -0.1) is 0 Å². The first-order valence-corrected chi connectivity index (χ1v) is 7.91. The first kappa shape index (κ1) is 21.3. The number of carboxylic acids is 2. The zero-order valence-corrected chi connectivity index (χ0v) is 14.3. The van der Waals surface area contributed by atoms with Crippen molar-refractivity contribution in [3.8, 4) is 11.5 Å². The summed E-state index contributed by atoms with van der Waals surface area (Å²) in [6.45, 7) is 0. The standard InChI is InChI=1S/C18H10F6O6/c19-15(20)16(21,22)18(24,30-12-7-3-10(4-8-12)14(27)28)17(15,23)29-11-5-1-9(2-6-11)13(25)26/h1-8H,(H,25,26)(H,27,28)/p-2/t17-,18-/m1/s1. The maximum Gasteiger partial charge on any atom is 0.395 e. The quantitative estimate of drug-likeness (QED) is 0.639. The van der Waals surface area contributed by atoms with E-state index in [0.29, 0.717) is 24.3 Å². The highest BCUT2D eigenvalue weighted by atomic mass is 19.3. The second-order valence-corrected chi connectivity index (χ2v) is 6.17. The van der Waals surface area contributed by atoms with E-state index in [4.69, 9.17) is 0 Å². The van der Waals surface area contributed by atoms with Crippen LogP contribution in [-0.4, -0.2) is 35.5 Å². The molecular weight excluding hydrogens is 426 g/mol. The SMILES string of the molecule is O=C([O-])c1ccc(O[C@]2(F)C(F)(F)C(F)(F)[C@@]2(F)Oc2ccc(C(=O)[O-])cc2)cc1. The van der Waals surface area contributed by atoms with Gasteiger partial charge in [0.1, 0.15) is 11.5 Å². The molecule has 1 aliphatic rings. The maximum atomic E-state index is 14.9. The van der Waals surface area contributed by atoms with Crippen LogP contribution in [0.15, 0.2) is 48.5 Å². The second kappa shape index (κ2) is 6.54. The van der Waals surface area contributed by atoms with Crippen LogP contribution in [0.25, 0.3) is 0 Å². The van der Waals surface area contributed by atoms with Crippen molar-refractivity contribution >= 4 is 11.9 Å². The van der Waals surface area contributed by atoms with Crippen LogP contribution < -0.4 is 19.7 Å². The molecule has 1 fully saturated rings. The number of hydrogen-bond acceptors (Lipinski definition) is 6. The molecule has 0 amide bonds. The molecule has 160 valence electrons. The van der Waals surface area contributed by atoms with Crippen molar-refractivity contribution in [3.05, 3.63) is 59.7 Å². The van der Waals surface area contributed by atoms with Crippen LogP contribution >= 0.6 is 0 Å².